The van der Waals surface area contributed by atoms with Gasteiger partial charge in [-0.05, 0) is 84.9 Å². The van der Waals surface area contributed by atoms with Crippen LogP contribution in [0.3, 0.4) is 0 Å². The summed E-state index contributed by atoms with van der Waals surface area (Å²) in [6, 6.07) is 19.0. The molecule has 0 aliphatic carbocycles. The van der Waals surface area contributed by atoms with E-state index >= 15 is 0 Å². The van der Waals surface area contributed by atoms with Crippen LogP contribution in [0.4, 0.5) is 11.4 Å². The molecule has 7 heteroatoms. The molecule has 0 bridgehead atoms. The van der Waals surface area contributed by atoms with Gasteiger partial charge in [0.05, 0.1) is 5.56 Å². The fourth-order valence-corrected chi connectivity index (χ4v) is 3.73. The van der Waals surface area contributed by atoms with E-state index in [1.165, 1.54) is 12.1 Å². The zero-order chi connectivity index (χ0) is 23.5. The van der Waals surface area contributed by atoms with Crippen molar-refractivity contribution in [2.45, 2.75) is 38.9 Å². The second-order valence-electron chi connectivity index (χ2n) is 9.19. The molecule has 0 heterocycles. The summed E-state index contributed by atoms with van der Waals surface area (Å²) in [5.41, 5.74) is 12.6. The van der Waals surface area contributed by atoms with Crippen LogP contribution >= 0.6 is 0 Å². The Labute approximate surface area is 190 Å². The largest absolute Gasteiger partial charge is 0.543 e. The molecule has 0 aliphatic rings. The van der Waals surface area contributed by atoms with Gasteiger partial charge in [0, 0.05) is 11.4 Å². The molecule has 0 unspecified atom stereocenters. The highest BCUT2D eigenvalue weighted by Gasteiger charge is 2.38. The van der Waals surface area contributed by atoms with Crippen molar-refractivity contribution in [1.29, 1.82) is 0 Å². The van der Waals surface area contributed by atoms with Gasteiger partial charge >= 0.3 is 5.97 Å². The first-order valence-corrected chi connectivity index (χ1v) is 13.3. The van der Waals surface area contributed by atoms with Crippen LogP contribution in [0.15, 0.2) is 66.7 Å². The average Bonchev–Trinajstić information content (AvgIpc) is 2.69. The molecule has 0 aliphatic heterocycles. The molecule has 0 aromatic heterocycles. The van der Waals surface area contributed by atoms with Crippen molar-refractivity contribution in [1.82, 2.24) is 0 Å². The van der Waals surface area contributed by atoms with Gasteiger partial charge < -0.3 is 25.4 Å². The summed E-state index contributed by atoms with van der Waals surface area (Å²) in [5, 5.41) is 0.132. The van der Waals surface area contributed by atoms with E-state index in [9.17, 15) is 4.79 Å². The molecule has 6 nitrogen and oxygen atoms in total. The lowest BCUT2D eigenvalue weighted by molar-refractivity contribution is 0.0734. The third-order valence-electron chi connectivity index (χ3n) is 5.49. The second kappa shape index (κ2) is 8.96. The van der Waals surface area contributed by atoms with E-state index in [2.05, 4.69) is 33.9 Å². The first kappa shape index (κ1) is 23.2. The van der Waals surface area contributed by atoms with Crippen LogP contribution in [0.25, 0.3) is 0 Å². The summed E-state index contributed by atoms with van der Waals surface area (Å²) in [5.74, 6) is 2.01. The zero-order valence-corrected chi connectivity index (χ0v) is 20.1. The molecule has 0 amide bonds. The lowest BCUT2D eigenvalue weighted by Gasteiger charge is -2.36. The van der Waals surface area contributed by atoms with Gasteiger partial charge in [-0.15, -0.1) is 0 Å². The van der Waals surface area contributed by atoms with Crippen molar-refractivity contribution in [3.8, 4) is 23.0 Å². The fourth-order valence-electron chi connectivity index (χ4n) is 2.70. The van der Waals surface area contributed by atoms with Gasteiger partial charge in [-0.3, -0.25) is 0 Å². The quantitative estimate of drug-likeness (QED) is 0.199. The van der Waals surface area contributed by atoms with Crippen molar-refractivity contribution < 1.29 is 18.7 Å². The van der Waals surface area contributed by atoms with Crippen LogP contribution in [-0.4, -0.2) is 14.3 Å². The molecular weight excluding hydrogens is 420 g/mol. The Morgan fingerprint density at radius 3 is 1.66 bits per heavy atom. The number of anilines is 2. The Bertz CT molecular complexity index is 1070. The SMILES string of the molecule is CC(C)(C)[Si](C)(C)Oc1ccc(Oc2ccc(OC(=O)c3cc(N)cc(N)c3)cc2)cc1. The summed E-state index contributed by atoms with van der Waals surface area (Å²) in [7, 11) is -1.88. The minimum Gasteiger partial charge on any atom is -0.543 e. The monoisotopic (exact) mass is 450 g/mol. The Morgan fingerprint density at radius 2 is 1.19 bits per heavy atom. The number of nitrogen functional groups attached to an aromatic ring is 2. The maximum absolute atomic E-state index is 12.3. The standard InChI is InChI=1S/C25H30N2O4Si/c1-25(2,3)32(4,5)31-23-12-10-21(11-13-23)29-20-6-8-22(9-7-20)30-24(28)17-14-18(26)16-19(27)15-17/h6-16H,26-27H2,1-5H3. The maximum Gasteiger partial charge on any atom is 0.343 e. The molecule has 32 heavy (non-hydrogen) atoms. The summed E-state index contributed by atoms with van der Waals surface area (Å²) in [4.78, 5) is 12.3. The van der Waals surface area contributed by atoms with Gasteiger partial charge in [0.2, 0.25) is 8.32 Å². The second-order valence-corrected chi connectivity index (χ2v) is 13.9. The highest BCUT2D eigenvalue weighted by atomic mass is 28.4. The minimum absolute atomic E-state index is 0.132. The van der Waals surface area contributed by atoms with Crippen LogP contribution in [0, 0.1) is 0 Å². The molecule has 0 saturated carbocycles. The molecule has 0 fully saturated rings. The lowest BCUT2D eigenvalue weighted by Crippen LogP contribution is -2.43. The minimum atomic E-state index is -1.88. The Kier molecular flexibility index (Phi) is 6.50. The average molecular weight is 451 g/mol. The topological polar surface area (TPSA) is 96.8 Å². The van der Waals surface area contributed by atoms with Gasteiger partial charge in [-0.25, -0.2) is 4.79 Å². The number of rotatable bonds is 6. The van der Waals surface area contributed by atoms with Crippen LogP contribution in [0.2, 0.25) is 18.1 Å². The molecule has 0 spiro atoms. The number of hydrogen-bond donors (Lipinski definition) is 2. The van der Waals surface area contributed by atoms with E-state index < -0.39 is 14.3 Å². The van der Waals surface area contributed by atoms with E-state index in [-0.39, 0.29) is 5.04 Å². The number of benzene rings is 3. The van der Waals surface area contributed by atoms with Gasteiger partial charge in [-0.2, -0.15) is 0 Å². The normalized spacial score (nSPS) is 11.7. The molecule has 0 saturated heterocycles. The van der Waals surface area contributed by atoms with E-state index in [0.29, 0.717) is 34.2 Å². The van der Waals surface area contributed by atoms with Gasteiger partial charge in [0.25, 0.3) is 0 Å². The summed E-state index contributed by atoms with van der Waals surface area (Å²) < 4.78 is 17.6. The molecular formula is C25H30N2O4Si. The molecule has 3 aromatic carbocycles. The zero-order valence-electron chi connectivity index (χ0n) is 19.1. The van der Waals surface area contributed by atoms with Gasteiger partial charge in [0.15, 0.2) is 0 Å². The van der Waals surface area contributed by atoms with E-state index in [1.54, 1.807) is 30.3 Å². The van der Waals surface area contributed by atoms with Gasteiger partial charge in [0.1, 0.15) is 23.0 Å². The first-order valence-electron chi connectivity index (χ1n) is 10.4. The Hall–Kier alpha value is -3.45. The van der Waals surface area contributed by atoms with Gasteiger partial charge in [-0.1, -0.05) is 20.8 Å². The van der Waals surface area contributed by atoms with E-state index in [0.717, 1.165) is 5.75 Å². The van der Waals surface area contributed by atoms with Crippen molar-refractivity contribution in [2.75, 3.05) is 11.5 Å². The van der Waals surface area contributed by atoms with Crippen molar-refractivity contribution in [3.05, 3.63) is 72.3 Å². The predicted octanol–water partition coefficient (Wildman–Crippen LogP) is 6.25. The van der Waals surface area contributed by atoms with Crippen molar-refractivity contribution >= 4 is 25.7 Å². The fraction of sp³-hybridized carbons (Fsp3) is 0.240. The van der Waals surface area contributed by atoms with E-state index in [1.807, 2.05) is 24.3 Å². The highest BCUT2D eigenvalue weighted by Crippen LogP contribution is 2.37. The maximum atomic E-state index is 12.3. The van der Waals surface area contributed by atoms with Crippen LogP contribution in [0.1, 0.15) is 31.1 Å². The third kappa shape index (κ3) is 5.82. The number of carbonyl (C=O) groups is 1. The molecule has 3 aromatic rings. The summed E-state index contributed by atoms with van der Waals surface area (Å²) in [6.45, 7) is 11.1. The number of ether oxygens (including phenoxy) is 2. The van der Waals surface area contributed by atoms with Crippen molar-refractivity contribution in [3.63, 3.8) is 0 Å². The summed E-state index contributed by atoms with van der Waals surface area (Å²) >= 11 is 0. The van der Waals surface area contributed by atoms with Crippen LogP contribution in [-0.2, 0) is 0 Å². The number of esters is 1. The number of hydrogen-bond acceptors (Lipinski definition) is 6. The van der Waals surface area contributed by atoms with E-state index in [4.69, 9.17) is 25.4 Å². The van der Waals surface area contributed by atoms with Crippen LogP contribution < -0.4 is 25.4 Å². The highest BCUT2D eigenvalue weighted by molar-refractivity contribution is 6.74. The molecule has 0 radical (unpaired) electrons. The molecule has 4 N–H and O–H groups in total. The van der Waals surface area contributed by atoms with Crippen LogP contribution in [0.5, 0.6) is 23.0 Å². The summed E-state index contributed by atoms with van der Waals surface area (Å²) in [6.07, 6.45) is 0. The van der Waals surface area contributed by atoms with Crippen molar-refractivity contribution in [2.24, 2.45) is 0 Å². The number of carbonyl (C=O) groups excluding carboxylic acids is 1. The molecule has 168 valence electrons. The molecule has 3 rings (SSSR count). The number of nitrogens with two attached hydrogens (primary N) is 2. The Balaban J connectivity index is 1.61. The predicted molar refractivity (Wildman–Crippen MR) is 131 cm³/mol. The lowest BCUT2D eigenvalue weighted by atomic mass is 10.2. The molecule has 0 atom stereocenters. The first-order chi connectivity index (χ1) is 14.9. The smallest absolute Gasteiger partial charge is 0.343 e. The Morgan fingerprint density at radius 1 is 0.750 bits per heavy atom. The third-order valence-corrected chi connectivity index (χ3v) is 9.84.